The number of aromatic nitrogens is 3. The van der Waals surface area contributed by atoms with E-state index in [9.17, 15) is 4.39 Å². The highest BCUT2D eigenvalue weighted by atomic mass is 35.5. The first-order valence-electron chi connectivity index (χ1n) is 7.48. The van der Waals surface area contributed by atoms with Crippen molar-refractivity contribution in [3.63, 3.8) is 0 Å². The lowest BCUT2D eigenvalue weighted by Gasteiger charge is -2.11. The number of hydrogen-bond donors (Lipinski definition) is 0. The Hall–Kier alpha value is -2.72. The van der Waals surface area contributed by atoms with Gasteiger partial charge < -0.3 is 4.40 Å². The summed E-state index contributed by atoms with van der Waals surface area (Å²) in [5, 5.41) is 0.476. The van der Waals surface area contributed by atoms with Crippen molar-refractivity contribution in [3.05, 3.63) is 77.6 Å². The van der Waals surface area contributed by atoms with Crippen molar-refractivity contribution in [1.82, 2.24) is 14.4 Å². The van der Waals surface area contributed by atoms with Gasteiger partial charge in [-0.05, 0) is 43.3 Å². The second-order valence-electron chi connectivity index (χ2n) is 5.57. The molecular weight excluding hydrogens is 325 g/mol. The van der Waals surface area contributed by atoms with Crippen LogP contribution in [0, 0.1) is 12.7 Å². The minimum absolute atomic E-state index is 0.348. The molecule has 0 bridgehead atoms. The molecule has 24 heavy (non-hydrogen) atoms. The Morgan fingerprint density at radius 2 is 1.92 bits per heavy atom. The second kappa shape index (κ2) is 5.73. The van der Waals surface area contributed by atoms with Crippen molar-refractivity contribution < 1.29 is 4.39 Å². The van der Waals surface area contributed by atoms with Crippen LogP contribution < -0.4 is 0 Å². The van der Waals surface area contributed by atoms with Gasteiger partial charge >= 0.3 is 0 Å². The number of nitrogens with zero attached hydrogens (tertiary/aromatic N) is 3. The fraction of sp³-hybridized carbons (Fsp3) is 0.0526. The third-order valence-corrected chi connectivity index (χ3v) is 4.23. The summed E-state index contributed by atoms with van der Waals surface area (Å²) in [6, 6.07) is 12.2. The van der Waals surface area contributed by atoms with Gasteiger partial charge in [0.15, 0.2) is 0 Å². The highest BCUT2D eigenvalue weighted by molar-refractivity contribution is 6.30. The van der Waals surface area contributed by atoms with Crippen LogP contribution in [0.15, 0.2) is 61.1 Å². The summed E-state index contributed by atoms with van der Waals surface area (Å²) < 4.78 is 16.3. The van der Waals surface area contributed by atoms with E-state index in [1.807, 2.05) is 48.0 Å². The van der Waals surface area contributed by atoms with Crippen LogP contribution in [0.3, 0.4) is 0 Å². The largest absolute Gasteiger partial charge is 0.304 e. The molecule has 0 unspecified atom stereocenters. The van der Waals surface area contributed by atoms with Crippen LogP contribution in [0.1, 0.15) is 5.69 Å². The highest BCUT2D eigenvalue weighted by Crippen LogP contribution is 2.33. The summed E-state index contributed by atoms with van der Waals surface area (Å²) in [4.78, 5) is 8.72. The van der Waals surface area contributed by atoms with Gasteiger partial charge in [0.1, 0.15) is 11.5 Å². The van der Waals surface area contributed by atoms with Gasteiger partial charge in [-0.3, -0.25) is 4.98 Å². The van der Waals surface area contributed by atoms with E-state index in [-0.39, 0.29) is 5.82 Å². The molecule has 0 amide bonds. The van der Waals surface area contributed by atoms with Crippen molar-refractivity contribution in [2.75, 3.05) is 0 Å². The predicted molar refractivity (Wildman–Crippen MR) is 93.6 cm³/mol. The van der Waals surface area contributed by atoms with E-state index >= 15 is 0 Å². The Labute approximate surface area is 143 Å². The molecule has 0 radical (unpaired) electrons. The average Bonchev–Trinajstić information content (AvgIpc) is 2.98. The van der Waals surface area contributed by atoms with Crippen molar-refractivity contribution in [2.45, 2.75) is 6.92 Å². The van der Waals surface area contributed by atoms with Crippen molar-refractivity contribution in [3.8, 4) is 22.4 Å². The number of fused-ring (bicyclic) bond motifs is 1. The van der Waals surface area contributed by atoms with Crippen LogP contribution in [0.4, 0.5) is 4.39 Å². The Bertz CT molecular complexity index is 1060. The maximum atomic E-state index is 14.3. The van der Waals surface area contributed by atoms with Crippen LogP contribution in [0.2, 0.25) is 5.02 Å². The lowest BCUT2D eigenvalue weighted by Crippen LogP contribution is -1.94. The van der Waals surface area contributed by atoms with Crippen LogP contribution in [-0.2, 0) is 0 Å². The molecule has 118 valence electrons. The molecule has 0 fully saturated rings. The maximum absolute atomic E-state index is 14.3. The first-order chi connectivity index (χ1) is 11.6. The van der Waals surface area contributed by atoms with Gasteiger partial charge in [-0.1, -0.05) is 17.7 Å². The minimum Gasteiger partial charge on any atom is -0.304 e. The Morgan fingerprint density at radius 3 is 2.79 bits per heavy atom. The molecular formula is C19H13ClFN3. The SMILES string of the molecule is Cc1cnc2ccc(-c3cccnc3-c3cc(Cl)ccc3F)cn12. The van der Waals surface area contributed by atoms with Crippen LogP contribution in [-0.4, -0.2) is 14.4 Å². The molecule has 0 saturated heterocycles. The van der Waals surface area contributed by atoms with E-state index in [0.29, 0.717) is 16.3 Å². The van der Waals surface area contributed by atoms with Gasteiger partial charge in [0.2, 0.25) is 0 Å². The lowest BCUT2D eigenvalue weighted by atomic mass is 10.0. The van der Waals surface area contributed by atoms with E-state index < -0.39 is 0 Å². The topological polar surface area (TPSA) is 30.2 Å². The van der Waals surface area contributed by atoms with E-state index in [1.54, 1.807) is 12.3 Å². The highest BCUT2D eigenvalue weighted by Gasteiger charge is 2.14. The monoisotopic (exact) mass is 337 g/mol. The summed E-state index contributed by atoms with van der Waals surface area (Å²) >= 11 is 6.04. The number of benzene rings is 1. The molecule has 1 aromatic carbocycles. The summed E-state index contributed by atoms with van der Waals surface area (Å²) in [7, 11) is 0. The van der Waals surface area contributed by atoms with E-state index in [4.69, 9.17) is 11.6 Å². The molecule has 4 rings (SSSR count). The summed E-state index contributed by atoms with van der Waals surface area (Å²) in [6.45, 7) is 1.99. The molecule has 0 aliphatic heterocycles. The maximum Gasteiger partial charge on any atom is 0.136 e. The van der Waals surface area contributed by atoms with Crippen LogP contribution in [0.25, 0.3) is 28.0 Å². The summed E-state index contributed by atoms with van der Waals surface area (Å²) in [5.41, 5.74) is 4.64. The van der Waals surface area contributed by atoms with Crippen molar-refractivity contribution >= 4 is 17.2 Å². The average molecular weight is 338 g/mol. The van der Waals surface area contributed by atoms with Gasteiger partial charge in [0, 0.05) is 46.0 Å². The quantitative estimate of drug-likeness (QED) is 0.505. The molecule has 5 heteroatoms. The number of hydrogen-bond acceptors (Lipinski definition) is 2. The predicted octanol–water partition coefficient (Wildman–Crippen LogP) is 5.16. The molecule has 3 aromatic heterocycles. The molecule has 3 nitrogen and oxygen atoms in total. The normalized spacial score (nSPS) is 11.1. The van der Waals surface area contributed by atoms with Crippen LogP contribution >= 0.6 is 11.6 Å². The molecule has 3 heterocycles. The Balaban J connectivity index is 1.95. The van der Waals surface area contributed by atoms with Gasteiger partial charge in [-0.2, -0.15) is 0 Å². The first-order valence-corrected chi connectivity index (χ1v) is 7.86. The smallest absolute Gasteiger partial charge is 0.136 e. The molecule has 0 aliphatic carbocycles. The minimum atomic E-state index is -0.348. The van der Waals surface area contributed by atoms with E-state index in [2.05, 4.69) is 9.97 Å². The van der Waals surface area contributed by atoms with Gasteiger partial charge in [0.25, 0.3) is 0 Å². The Kier molecular flexibility index (Phi) is 3.54. The lowest BCUT2D eigenvalue weighted by molar-refractivity contribution is 0.631. The van der Waals surface area contributed by atoms with Crippen molar-refractivity contribution in [2.24, 2.45) is 0 Å². The number of rotatable bonds is 2. The zero-order chi connectivity index (χ0) is 16.7. The van der Waals surface area contributed by atoms with Crippen molar-refractivity contribution in [1.29, 1.82) is 0 Å². The van der Waals surface area contributed by atoms with E-state index in [1.165, 1.54) is 12.1 Å². The number of aryl methyl sites for hydroxylation is 1. The number of halogens is 2. The standard InChI is InChI=1S/C19H13ClFN3/c1-12-10-23-18-7-4-13(11-24(12)18)15-3-2-8-22-19(15)16-9-14(20)5-6-17(16)21/h2-11H,1H3. The number of pyridine rings is 2. The molecule has 0 saturated carbocycles. The fourth-order valence-corrected chi connectivity index (χ4v) is 2.97. The molecule has 0 N–H and O–H groups in total. The number of imidazole rings is 1. The summed E-state index contributed by atoms with van der Waals surface area (Å²) in [5.74, 6) is -0.348. The zero-order valence-electron chi connectivity index (χ0n) is 12.9. The van der Waals surface area contributed by atoms with Gasteiger partial charge in [-0.15, -0.1) is 0 Å². The second-order valence-corrected chi connectivity index (χ2v) is 6.01. The molecule has 0 aliphatic rings. The first kappa shape index (κ1) is 14.8. The Morgan fingerprint density at radius 1 is 1.04 bits per heavy atom. The van der Waals surface area contributed by atoms with Gasteiger partial charge in [0.05, 0.1) is 5.69 Å². The zero-order valence-corrected chi connectivity index (χ0v) is 13.6. The third-order valence-electron chi connectivity index (χ3n) is 3.99. The summed E-state index contributed by atoms with van der Waals surface area (Å²) in [6.07, 6.45) is 5.46. The van der Waals surface area contributed by atoms with Crippen LogP contribution in [0.5, 0.6) is 0 Å². The molecule has 4 aromatic rings. The van der Waals surface area contributed by atoms with E-state index in [0.717, 1.165) is 22.5 Å². The fourth-order valence-electron chi connectivity index (χ4n) is 2.79. The molecule has 0 spiro atoms. The van der Waals surface area contributed by atoms with Gasteiger partial charge in [-0.25, -0.2) is 9.37 Å². The molecule has 0 atom stereocenters. The third kappa shape index (κ3) is 2.45.